The second kappa shape index (κ2) is 7.31. The van der Waals surface area contributed by atoms with Gasteiger partial charge in [-0.2, -0.15) is 0 Å². The zero-order valence-corrected chi connectivity index (χ0v) is 13.9. The molecule has 0 aliphatic rings. The van der Waals surface area contributed by atoms with E-state index in [1.54, 1.807) is 25.1 Å². The van der Waals surface area contributed by atoms with Crippen LogP contribution in [-0.2, 0) is 4.79 Å². The Kier molecular flexibility index (Phi) is 6.70. The Morgan fingerprint density at radius 1 is 1.24 bits per heavy atom. The van der Waals surface area contributed by atoms with E-state index in [0.717, 1.165) is 5.56 Å². The van der Waals surface area contributed by atoms with Gasteiger partial charge in [-0.25, -0.2) is 0 Å². The van der Waals surface area contributed by atoms with Gasteiger partial charge >= 0.3 is 0 Å². The monoisotopic (exact) mass is 313 g/mol. The van der Waals surface area contributed by atoms with Crippen molar-refractivity contribution in [2.75, 3.05) is 5.73 Å². The molecule has 1 aromatic carbocycles. The summed E-state index contributed by atoms with van der Waals surface area (Å²) >= 11 is 0. The molecular weight excluding hydrogens is 290 g/mol. The molecule has 0 fully saturated rings. The number of carbonyl (C=O) groups is 2. The van der Waals surface area contributed by atoms with E-state index >= 15 is 0 Å². The number of nitrogen functional groups attached to an aromatic ring is 1. The Bertz CT molecular complexity index is 524. The van der Waals surface area contributed by atoms with Crippen molar-refractivity contribution < 1.29 is 9.59 Å². The number of rotatable bonds is 3. The van der Waals surface area contributed by atoms with Crippen molar-refractivity contribution in [2.45, 2.75) is 46.2 Å². The maximum absolute atomic E-state index is 12.2. The predicted octanol–water partition coefficient (Wildman–Crippen LogP) is 2.03. The maximum atomic E-state index is 12.2. The van der Waals surface area contributed by atoms with Gasteiger partial charge in [-0.1, -0.05) is 6.07 Å². The Labute approximate surface area is 132 Å². The summed E-state index contributed by atoms with van der Waals surface area (Å²) in [5.74, 6) is -0.515. The number of carbonyl (C=O) groups excluding carboxylic acids is 2. The molecule has 0 aliphatic carbocycles. The van der Waals surface area contributed by atoms with E-state index in [2.05, 4.69) is 10.6 Å². The summed E-state index contributed by atoms with van der Waals surface area (Å²) in [6.45, 7) is 9.15. The largest absolute Gasteiger partial charge is 0.399 e. The number of halogens is 1. The molecule has 1 unspecified atom stereocenters. The van der Waals surface area contributed by atoms with Gasteiger partial charge in [0.15, 0.2) is 0 Å². The third-order valence-corrected chi connectivity index (χ3v) is 2.75. The molecule has 6 heteroatoms. The van der Waals surface area contributed by atoms with Crippen molar-refractivity contribution in [1.29, 1.82) is 0 Å². The van der Waals surface area contributed by atoms with Crippen LogP contribution in [0.5, 0.6) is 0 Å². The molecule has 5 nitrogen and oxygen atoms in total. The molecule has 4 N–H and O–H groups in total. The van der Waals surface area contributed by atoms with E-state index in [1.807, 2.05) is 27.7 Å². The normalized spacial score (nSPS) is 12.0. The van der Waals surface area contributed by atoms with Crippen LogP contribution in [-0.4, -0.2) is 23.4 Å². The zero-order chi connectivity index (χ0) is 15.5. The van der Waals surface area contributed by atoms with E-state index in [9.17, 15) is 9.59 Å². The minimum atomic E-state index is -0.609. The first-order valence-electron chi connectivity index (χ1n) is 6.59. The van der Waals surface area contributed by atoms with Crippen LogP contribution in [0.1, 0.15) is 43.6 Å². The van der Waals surface area contributed by atoms with E-state index in [1.165, 1.54) is 0 Å². The Morgan fingerprint density at radius 2 is 1.81 bits per heavy atom. The molecule has 118 valence electrons. The molecule has 0 aliphatic heterocycles. The molecule has 1 aromatic rings. The second-order valence-electron chi connectivity index (χ2n) is 6.01. The molecule has 1 atom stereocenters. The van der Waals surface area contributed by atoms with Gasteiger partial charge in [0.25, 0.3) is 5.91 Å². The molecule has 21 heavy (non-hydrogen) atoms. The minimum Gasteiger partial charge on any atom is -0.399 e. The van der Waals surface area contributed by atoms with E-state index in [-0.39, 0.29) is 29.8 Å². The number of nitrogens with two attached hydrogens (primary N) is 1. The van der Waals surface area contributed by atoms with Crippen molar-refractivity contribution in [2.24, 2.45) is 0 Å². The third kappa shape index (κ3) is 6.04. The molecule has 0 radical (unpaired) electrons. The summed E-state index contributed by atoms with van der Waals surface area (Å²) < 4.78 is 0. The summed E-state index contributed by atoms with van der Waals surface area (Å²) in [7, 11) is 0. The molecule has 0 bridgehead atoms. The van der Waals surface area contributed by atoms with Crippen LogP contribution < -0.4 is 16.4 Å². The fourth-order valence-corrected chi connectivity index (χ4v) is 1.70. The van der Waals surface area contributed by atoms with Crippen LogP contribution >= 0.6 is 12.4 Å². The van der Waals surface area contributed by atoms with Crippen molar-refractivity contribution in [3.8, 4) is 0 Å². The first kappa shape index (κ1) is 19.2. The van der Waals surface area contributed by atoms with Crippen LogP contribution in [0, 0.1) is 6.92 Å². The Balaban J connectivity index is 0.00000400. The fourth-order valence-electron chi connectivity index (χ4n) is 1.70. The number of anilines is 1. The van der Waals surface area contributed by atoms with Gasteiger partial charge < -0.3 is 16.4 Å². The van der Waals surface area contributed by atoms with Crippen LogP contribution in [0.4, 0.5) is 5.69 Å². The van der Waals surface area contributed by atoms with E-state index in [4.69, 9.17) is 5.73 Å². The molecule has 2 amide bonds. The summed E-state index contributed by atoms with van der Waals surface area (Å²) in [6, 6.07) is 4.52. The van der Waals surface area contributed by atoms with Crippen LogP contribution in [0.25, 0.3) is 0 Å². The van der Waals surface area contributed by atoms with Gasteiger partial charge in [-0.05, 0) is 52.3 Å². The second-order valence-corrected chi connectivity index (χ2v) is 6.01. The summed E-state index contributed by atoms with van der Waals surface area (Å²) in [6.07, 6.45) is 0. The van der Waals surface area contributed by atoms with Gasteiger partial charge in [0.1, 0.15) is 6.04 Å². The van der Waals surface area contributed by atoms with Crippen LogP contribution in [0.15, 0.2) is 18.2 Å². The molecule has 0 heterocycles. The molecule has 0 aromatic heterocycles. The lowest BCUT2D eigenvalue weighted by atomic mass is 10.1. The Morgan fingerprint density at radius 3 is 2.33 bits per heavy atom. The lowest BCUT2D eigenvalue weighted by molar-refractivity contribution is -0.124. The van der Waals surface area contributed by atoms with Crippen LogP contribution in [0.3, 0.4) is 0 Å². The smallest absolute Gasteiger partial charge is 0.252 e. The Hall–Kier alpha value is -1.75. The highest BCUT2D eigenvalue weighted by Gasteiger charge is 2.21. The van der Waals surface area contributed by atoms with Crippen molar-refractivity contribution in [3.05, 3.63) is 29.3 Å². The fraction of sp³-hybridized carbons (Fsp3) is 0.467. The molecule has 0 saturated heterocycles. The average Bonchev–Trinajstić information content (AvgIpc) is 2.29. The first-order valence-corrected chi connectivity index (χ1v) is 6.59. The van der Waals surface area contributed by atoms with Gasteiger partial charge in [-0.15, -0.1) is 12.4 Å². The quantitative estimate of drug-likeness (QED) is 0.747. The summed E-state index contributed by atoms with van der Waals surface area (Å²) in [4.78, 5) is 24.1. The maximum Gasteiger partial charge on any atom is 0.252 e. The van der Waals surface area contributed by atoms with Gasteiger partial charge in [0, 0.05) is 16.8 Å². The third-order valence-electron chi connectivity index (χ3n) is 2.75. The topological polar surface area (TPSA) is 84.2 Å². The first-order chi connectivity index (χ1) is 9.10. The number of nitrogens with one attached hydrogen (secondary N) is 2. The zero-order valence-electron chi connectivity index (χ0n) is 13.1. The highest BCUT2D eigenvalue weighted by Crippen LogP contribution is 2.12. The predicted molar refractivity (Wildman–Crippen MR) is 87.7 cm³/mol. The lowest BCUT2D eigenvalue weighted by Crippen LogP contribution is -2.50. The van der Waals surface area contributed by atoms with E-state index < -0.39 is 6.04 Å². The van der Waals surface area contributed by atoms with Gasteiger partial charge in [0.2, 0.25) is 5.91 Å². The highest BCUT2D eigenvalue weighted by atomic mass is 35.5. The number of hydrogen-bond donors (Lipinski definition) is 3. The standard InChI is InChI=1S/C15H23N3O2.ClH/c1-9-6-7-11(16)8-12(9)14(20)17-10(2)13(19)18-15(3,4)5;/h6-8,10H,16H2,1-5H3,(H,17,20)(H,18,19);1H. The van der Waals surface area contributed by atoms with Crippen molar-refractivity contribution >= 4 is 29.9 Å². The molecule has 1 rings (SSSR count). The molecule has 0 spiro atoms. The number of amides is 2. The van der Waals surface area contributed by atoms with Gasteiger partial charge in [-0.3, -0.25) is 9.59 Å². The SMILES string of the molecule is Cc1ccc(N)cc1C(=O)NC(C)C(=O)NC(C)(C)C.Cl. The number of benzene rings is 1. The molecular formula is C15H24ClN3O2. The van der Waals surface area contributed by atoms with Crippen molar-refractivity contribution in [3.63, 3.8) is 0 Å². The number of hydrogen-bond acceptors (Lipinski definition) is 3. The van der Waals surface area contributed by atoms with Crippen LogP contribution in [0.2, 0.25) is 0 Å². The average molecular weight is 314 g/mol. The van der Waals surface area contributed by atoms with Gasteiger partial charge in [0.05, 0.1) is 0 Å². The molecule has 0 saturated carbocycles. The highest BCUT2D eigenvalue weighted by molar-refractivity contribution is 5.99. The summed E-state index contributed by atoms with van der Waals surface area (Å²) in [5, 5.41) is 5.50. The van der Waals surface area contributed by atoms with Crippen molar-refractivity contribution in [1.82, 2.24) is 10.6 Å². The van der Waals surface area contributed by atoms with E-state index in [0.29, 0.717) is 11.3 Å². The number of aryl methyl sites for hydroxylation is 1. The lowest BCUT2D eigenvalue weighted by Gasteiger charge is -2.23. The minimum absolute atomic E-state index is 0. The summed E-state index contributed by atoms with van der Waals surface area (Å²) in [5.41, 5.74) is 7.18.